The Balaban J connectivity index is 1.65. The van der Waals surface area contributed by atoms with E-state index < -0.39 is 0 Å². The van der Waals surface area contributed by atoms with E-state index in [2.05, 4.69) is 15.1 Å². The second-order valence-corrected chi connectivity index (χ2v) is 6.03. The zero-order valence-electron chi connectivity index (χ0n) is 12.6. The molecule has 21 heavy (non-hydrogen) atoms. The van der Waals surface area contributed by atoms with Gasteiger partial charge in [0.1, 0.15) is 0 Å². The van der Waals surface area contributed by atoms with Gasteiger partial charge in [-0.2, -0.15) is 0 Å². The van der Waals surface area contributed by atoms with Gasteiger partial charge < -0.3 is 9.80 Å². The number of aromatic nitrogens is 2. The summed E-state index contributed by atoms with van der Waals surface area (Å²) in [6.45, 7) is 3.81. The first-order valence-corrected chi connectivity index (χ1v) is 8.22. The van der Waals surface area contributed by atoms with Crippen molar-refractivity contribution in [3.8, 4) is 0 Å². The number of nitrogens with zero attached hydrogens (tertiary/aromatic N) is 4. The molecule has 2 aliphatic heterocycles. The Bertz CT molecular complexity index is 460. The second kappa shape index (κ2) is 6.87. The quantitative estimate of drug-likeness (QED) is 0.839. The van der Waals surface area contributed by atoms with E-state index in [1.165, 1.54) is 32.1 Å². The van der Waals surface area contributed by atoms with E-state index in [0.29, 0.717) is 5.69 Å². The fraction of sp³-hybridized carbons (Fsp3) is 0.688. The maximum absolute atomic E-state index is 12.5. The summed E-state index contributed by atoms with van der Waals surface area (Å²) in [5.41, 5.74) is 0.485. The van der Waals surface area contributed by atoms with Gasteiger partial charge in [0.15, 0.2) is 11.5 Å². The van der Waals surface area contributed by atoms with Crippen LogP contribution in [0.3, 0.4) is 0 Å². The van der Waals surface area contributed by atoms with Crippen molar-refractivity contribution >= 4 is 11.7 Å². The summed E-state index contributed by atoms with van der Waals surface area (Å²) in [5, 5.41) is 8.42. The number of carbonyl (C=O) groups is 1. The molecule has 5 nitrogen and oxygen atoms in total. The van der Waals surface area contributed by atoms with Gasteiger partial charge in [-0.25, -0.2) is 0 Å². The maximum Gasteiger partial charge on any atom is 0.274 e. The Morgan fingerprint density at radius 3 is 2.05 bits per heavy atom. The molecule has 0 unspecified atom stereocenters. The van der Waals surface area contributed by atoms with Crippen LogP contribution in [0.25, 0.3) is 0 Å². The molecule has 3 heterocycles. The first-order valence-electron chi connectivity index (χ1n) is 8.22. The monoisotopic (exact) mass is 288 g/mol. The molecular weight excluding hydrogens is 264 g/mol. The number of hydrogen-bond acceptors (Lipinski definition) is 4. The topological polar surface area (TPSA) is 49.3 Å². The molecule has 2 saturated heterocycles. The van der Waals surface area contributed by atoms with Gasteiger partial charge in [0.2, 0.25) is 0 Å². The van der Waals surface area contributed by atoms with Crippen LogP contribution in [0.2, 0.25) is 0 Å². The van der Waals surface area contributed by atoms with E-state index in [1.54, 1.807) is 0 Å². The molecule has 1 amide bonds. The van der Waals surface area contributed by atoms with Crippen LogP contribution in [0.15, 0.2) is 12.1 Å². The van der Waals surface area contributed by atoms with Crippen LogP contribution in [0.4, 0.5) is 5.82 Å². The lowest BCUT2D eigenvalue weighted by Gasteiger charge is -2.24. The van der Waals surface area contributed by atoms with Crippen LogP contribution < -0.4 is 4.90 Å². The van der Waals surface area contributed by atoms with E-state index in [4.69, 9.17) is 0 Å². The molecule has 0 radical (unpaired) electrons. The minimum absolute atomic E-state index is 0.0392. The van der Waals surface area contributed by atoms with Crippen LogP contribution in [0.5, 0.6) is 0 Å². The summed E-state index contributed by atoms with van der Waals surface area (Å²) in [4.78, 5) is 16.7. The average Bonchev–Trinajstić information content (AvgIpc) is 3.01. The zero-order chi connectivity index (χ0) is 14.5. The van der Waals surface area contributed by atoms with Crippen LogP contribution in [0, 0.1) is 0 Å². The Kier molecular flexibility index (Phi) is 4.68. The van der Waals surface area contributed by atoms with Gasteiger partial charge in [0, 0.05) is 26.2 Å². The number of amides is 1. The van der Waals surface area contributed by atoms with E-state index in [9.17, 15) is 4.79 Å². The van der Waals surface area contributed by atoms with Gasteiger partial charge in [0.25, 0.3) is 5.91 Å². The molecule has 0 saturated carbocycles. The highest BCUT2D eigenvalue weighted by molar-refractivity contribution is 5.92. The molecule has 1 aromatic rings. The molecule has 0 bridgehead atoms. The maximum atomic E-state index is 12.5. The minimum Gasteiger partial charge on any atom is -0.355 e. The highest BCUT2D eigenvalue weighted by atomic mass is 16.2. The van der Waals surface area contributed by atoms with Crippen molar-refractivity contribution in [1.29, 1.82) is 0 Å². The van der Waals surface area contributed by atoms with E-state index in [0.717, 1.165) is 44.8 Å². The summed E-state index contributed by atoms with van der Waals surface area (Å²) < 4.78 is 0. The van der Waals surface area contributed by atoms with Gasteiger partial charge >= 0.3 is 0 Å². The number of anilines is 1. The van der Waals surface area contributed by atoms with Crippen molar-refractivity contribution in [3.63, 3.8) is 0 Å². The van der Waals surface area contributed by atoms with E-state index >= 15 is 0 Å². The van der Waals surface area contributed by atoms with Crippen LogP contribution in [-0.2, 0) is 0 Å². The summed E-state index contributed by atoms with van der Waals surface area (Å²) in [5.74, 6) is 0.939. The van der Waals surface area contributed by atoms with Crippen molar-refractivity contribution in [2.75, 3.05) is 31.1 Å². The number of carbonyl (C=O) groups excluding carboxylic acids is 1. The number of rotatable bonds is 2. The third-order valence-electron chi connectivity index (χ3n) is 4.44. The fourth-order valence-electron chi connectivity index (χ4n) is 3.17. The molecule has 2 aliphatic rings. The molecular formula is C16H24N4O. The largest absolute Gasteiger partial charge is 0.355 e. The lowest BCUT2D eigenvalue weighted by Crippen LogP contribution is -2.34. The van der Waals surface area contributed by atoms with Crippen molar-refractivity contribution in [2.45, 2.75) is 44.9 Å². The molecule has 0 N–H and O–H groups in total. The predicted octanol–water partition coefficient (Wildman–Crippen LogP) is 2.48. The zero-order valence-corrected chi connectivity index (χ0v) is 12.6. The lowest BCUT2D eigenvalue weighted by molar-refractivity contribution is 0.0735. The van der Waals surface area contributed by atoms with Crippen LogP contribution in [0.1, 0.15) is 55.4 Å². The fourth-order valence-corrected chi connectivity index (χ4v) is 3.17. The van der Waals surface area contributed by atoms with Gasteiger partial charge in [-0.05, 0) is 37.8 Å². The highest BCUT2D eigenvalue weighted by Gasteiger charge is 2.19. The Hall–Kier alpha value is -1.65. The van der Waals surface area contributed by atoms with Gasteiger partial charge in [-0.1, -0.05) is 19.3 Å². The van der Waals surface area contributed by atoms with Crippen molar-refractivity contribution in [1.82, 2.24) is 15.1 Å². The second-order valence-electron chi connectivity index (χ2n) is 6.03. The normalized spacial score (nSPS) is 20.2. The molecule has 0 atom stereocenters. The summed E-state index contributed by atoms with van der Waals surface area (Å²) >= 11 is 0. The highest BCUT2D eigenvalue weighted by Crippen LogP contribution is 2.17. The molecule has 114 valence electrons. The summed E-state index contributed by atoms with van der Waals surface area (Å²) in [6.07, 6.45) is 8.39. The van der Waals surface area contributed by atoms with Crippen LogP contribution >= 0.6 is 0 Å². The Morgan fingerprint density at radius 1 is 0.810 bits per heavy atom. The van der Waals surface area contributed by atoms with Crippen molar-refractivity contribution in [2.24, 2.45) is 0 Å². The van der Waals surface area contributed by atoms with Gasteiger partial charge in [0.05, 0.1) is 0 Å². The lowest BCUT2D eigenvalue weighted by atomic mass is 10.1. The van der Waals surface area contributed by atoms with Gasteiger partial charge in [-0.3, -0.25) is 4.79 Å². The Morgan fingerprint density at radius 2 is 1.43 bits per heavy atom. The summed E-state index contributed by atoms with van der Waals surface area (Å²) in [6, 6.07) is 3.78. The van der Waals surface area contributed by atoms with E-state index in [-0.39, 0.29) is 5.91 Å². The summed E-state index contributed by atoms with van der Waals surface area (Å²) in [7, 11) is 0. The Labute approximate surface area is 126 Å². The molecule has 0 spiro atoms. The first kappa shape index (κ1) is 14.3. The molecule has 2 fully saturated rings. The predicted molar refractivity (Wildman–Crippen MR) is 82.5 cm³/mol. The smallest absolute Gasteiger partial charge is 0.274 e. The van der Waals surface area contributed by atoms with E-state index in [1.807, 2.05) is 17.0 Å². The van der Waals surface area contributed by atoms with Gasteiger partial charge in [-0.15, -0.1) is 10.2 Å². The number of likely N-dealkylation sites (tertiary alicyclic amines) is 1. The first-order chi connectivity index (χ1) is 10.3. The van der Waals surface area contributed by atoms with Crippen molar-refractivity contribution in [3.05, 3.63) is 17.8 Å². The SMILES string of the molecule is O=C(c1ccc(N2CCCC2)nn1)N1CCCCCCC1. The standard InChI is InChI=1S/C16H24N4O/c21-16(20-12-4-2-1-3-5-13-20)14-8-9-15(18-17-14)19-10-6-7-11-19/h8-9H,1-7,10-13H2. The van der Waals surface area contributed by atoms with Crippen LogP contribution in [-0.4, -0.2) is 47.2 Å². The third kappa shape index (κ3) is 3.52. The van der Waals surface area contributed by atoms with Crippen molar-refractivity contribution < 1.29 is 4.79 Å². The minimum atomic E-state index is 0.0392. The molecule has 0 aliphatic carbocycles. The average molecular weight is 288 g/mol. The molecule has 5 heteroatoms. The third-order valence-corrected chi connectivity index (χ3v) is 4.44. The number of hydrogen-bond donors (Lipinski definition) is 0. The molecule has 3 rings (SSSR count). The molecule has 0 aromatic carbocycles. The molecule has 1 aromatic heterocycles.